The lowest BCUT2D eigenvalue weighted by molar-refractivity contribution is 0.592. The third kappa shape index (κ3) is 4.73. The van der Waals surface area contributed by atoms with Crippen molar-refractivity contribution in [3.63, 3.8) is 0 Å². The number of benzene rings is 2. The van der Waals surface area contributed by atoms with Gasteiger partial charge in [0.1, 0.15) is 0 Å². The molecule has 0 aliphatic rings. The standard InChI is InChI=1S/C18H24N2O2S/c1-5-23(21,22)20-15-12-10-14(11-13-15)19-17-9-7-6-8-16(17)18(2,3)4/h6-13,19-20H,5H2,1-4H3. The molecule has 0 aromatic heterocycles. The highest BCUT2D eigenvalue weighted by Gasteiger charge is 2.17. The minimum Gasteiger partial charge on any atom is -0.355 e. The lowest BCUT2D eigenvalue weighted by Gasteiger charge is -2.23. The van der Waals surface area contributed by atoms with E-state index in [2.05, 4.69) is 36.9 Å². The number of sulfonamides is 1. The third-order valence-electron chi connectivity index (χ3n) is 3.55. The minimum absolute atomic E-state index is 0.0420. The average Bonchev–Trinajstić information content (AvgIpc) is 2.48. The average molecular weight is 332 g/mol. The highest BCUT2D eigenvalue weighted by Crippen LogP contribution is 2.31. The van der Waals surface area contributed by atoms with Crippen LogP contribution in [0.2, 0.25) is 0 Å². The summed E-state index contributed by atoms with van der Waals surface area (Å²) in [6.45, 7) is 8.14. The Morgan fingerprint density at radius 1 is 0.913 bits per heavy atom. The van der Waals surface area contributed by atoms with E-state index in [1.807, 2.05) is 30.3 Å². The summed E-state index contributed by atoms with van der Waals surface area (Å²) in [7, 11) is -3.24. The molecule has 0 fully saturated rings. The zero-order valence-electron chi connectivity index (χ0n) is 14.1. The Bertz CT molecular complexity index is 760. The maximum absolute atomic E-state index is 11.6. The number of rotatable bonds is 5. The van der Waals surface area contributed by atoms with Gasteiger partial charge in [0.2, 0.25) is 10.0 Å². The first-order valence-corrected chi connectivity index (χ1v) is 9.33. The summed E-state index contributed by atoms with van der Waals surface area (Å²) in [6, 6.07) is 15.5. The summed E-state index contributed by atoms with van der Waals surface area (Å²) < 4.78 is 25.7. The van der Waals surface area contributed by atoms with Gasteiger partial charge in [0, 0.05) is 17.1 Å². The molecule has 0 aliphatic carbocycles. The molecular weight excluding hydrogens is 308 g/mol. The summed E-state index contributed by atoms with van der Waals surface area (Å²) in [6.07, 6.45) is 0. The van der Waals surface area contributed by atoms with Crippen LogP contribution in [0.25, 0.3) is 0 Å². The molecule has 0 radical (unpaired) electrons. The normalized spacial score (nSPS) is 12.0. The van der Waals surface area contributed by atoms with Gasteiger partial charge < -0.3 is 5.32 Å². The maximum Gasteiger partial charge on any atom is 0.232 e. The van der Waals surface area contributed by atoms with Gasteiger partial charge in [-0.3, -0.25) is 4.72 Å². The Morgan fingerprint density at radius 2 is 1.48 bits per heavy atom. The Morgan fingerprint density at radius 3 is 2.04 bits per heavy atom. The fraction of sp³-hybridized carbons (Fsp3) is 0.333. The highest BCUT2D eigenvalue weighted by atomic mass is 32.2. The van der Waals surface area contributed by atoms with Crippen LogP contribution in [0.3, 0.4) is 0 Å². The first-order chi connectivity index (χ1) is 10.7. The van der Waals surface area contributed by atoms with E-state index in [-0.39, 0.29) is 11.2 Å². The molecule has 0 unspecified atom stereocenters. The van der Waals surface area contributed by atoms with Crippen molar-refractivity contribution in [3.8, 4) is 0 Å². The van der Waals surface area contributed by atoms with Gasteiger partial charge in [-0.1, -0.05) is 39.0 Å². The van der Waals surface area contributed by atoms with Gasteiger partial charge in [0.15, 0.2) is 0 Å². The molecule has 0 saturated carbocycles. The molecule has 2 N–H and O–H groups in total. The van der Waals surface area contributed by atoms with Crippen molar-refractivity contribution in [2.24, 2.45) is 0 Å². The zero-order chi connectivity index (χ0) is 17.1. The first-order valence-electron chi connectivity index (χ1n) is 7.68. The molecule has 0 amide bonds. The summed E-state index contributed by atoms with van der Waals surface area (Å²) in [5, 5.41) is 3.41. The van der Waals surface area contributed by atoms with Crippen LogP contribution >= 0.6 is 0 Å². The predicted octanol–water partition coefficient (Wildman–Crippen LogP) is 4.49. The van der Waals surface area contributed by atoms with E-state index in [0.717, 1.165) is 11.4 Å². The third-order valence-corrected chi connectivity index (χ3v) is 4.86. The van der Waals surface area contributed by atoms with Gasteiger partial charge in [0.25, 0.3) is 0 Å². The molecule has 124 valence electrons. The van der Waals surface area contributed by atoms with Gasteiger partial charge in [-0.25, -0.2) is 8.42 Å². The monoisotopic (exact) mass is 332 g/mol. The SMILES string of the molecule is CCS(=O)(=O)Nc1ccc(Nc2ccccc2C(C)(C)C)cc1. The van der Waals surface area contributed by atoms with E-state index in [4.69, 9.17) is 0 Å². The highest BCUT2D eigenvalue weighted by molar-refractivity contribution is 7.92. The van der Waals surface area contributed by atoms with Crippen molar-refractivity contribution in [1.82, 2.24) is 0 Å². The molecule has 0 spiro atoms. The van der Waals surface area contributed by atoms with Crippen LogP contribution < -0.4 is 10.0 Å². The molecule has 23 heavy (non-hydrogen) atoms. The predicted molar refractivity (Wildman–Crippen MR) is 98.0 cm³/mol. The number of para-hydroxylation sites is 1. The van der Waals surface area contributed by atoms with Crippen molar-refractivity contribution in [2.45, 2.75) is 33.1 Å². The van der Waals surface area contributed by atoms with Gasteiger partial charge >= 0.3 is 0 Å². The van der Waals surface area contributed by atoms with Crippen LogP contribution in [-0.4, -0.2) is 14.2 Å². The summed E-state index contributed by atoms with van der Waals surface area (Å²) >= 11 is 0. The fourth-order valence-electron chi connectivity index (χ4n) is 2.27. The Labute approximate surface area is 139 Å². The molecule has 5 heteroatoms. The Kier molecular flexibility index (Phi) is 5.00. The number of hydrogen-bond acceptors (Lipinski definition) is 3. The fourth-order valence-corrected chi connectivity index (χ4v) is 2.91. The lowest BCUT2D eigenvalue weighted by Crippen LogP contribution is -2.14. The van der Waals surface area contributed by atoms with Crippen LogP contribution in [0.5, 0.6) is 0 Å². The van der Waals surface area contributed by atoms with Gasteiger partial charge in [-0.2, -0.15) is 0 Å². The van der Waals surface area contributed by atoms with E-state index in [1.165, 1.54) is 5.56 Å². The number of hydrogen-bond donors (Lipinski definition) is 2. The number of anilines is 3. The van der Waals surface area contributed by atoms with Crippen molar-refractivity contribution < 1.29 is 8.42 Å². The largest absolute Gasteiger partial charge is 0.355 e. The summed E-state index contributed by atoms with van der Waals surface area (Å²) in [4.78, 5) is 0. The van der Waals surface area contributed by atoms with E-state index >= 15 is 0 Å². The van der Waals surface area contributed by atoms with Crippen molar-refractivity contribution in [1.29, 1.82) is 0 Å². The Hall–Kier alpha value is -2.01. The second kappa shape index (κ2) is 6.62. The van der Waals surface area contributed by atoms with Crippen LogP contribution in [0.4, 0.5) is 17.1 Å². The molecule has 2 rings (SSSR count). The summed E-state index contributed by atoms with van der Waals surface area (Å²) in [5.41, 5.74) is 3.82. The van der Waals surface area contributed by atoms with Gasteiger partial charge in [0.05, 0.1) is 5.75 Å². The van der Waals surface area contributed by atoms with Crippen LogP contribution in [0, 0.1) is 0 Å². The first kappa shape index (κ1) is 17.3. The Balaban J connectivity index is 2.20. The quantitative estimate of drug-likeness (QED) is 0.848. The molecule has 0 saturated heterocycles. The van der Waals surface area contributed by atoms with E-state index in [0.29, 0.717) is 5.69 Å². The van der Waals surface area contributed by atoms with Crippen molar-refractivity contribution >= 4 is 27.1 Å². The molecule has 4 nitrogen and oxygen atoms in total. The molecule has 2 aromatic rings. The van der Waals surface area contributed by atoms with Crippen LogP contribution in [0.1, 0.15) is 33.3 Å². The topological polar surface area (TPSA) is 58.2 Å². The van der Waals surface area contributed by atoms with Gasteiger partial charge in [-0.05, 0) is 48.2 Å². The van der Waals surface area contributed by atoms with Crippen molar-refractivity contribution in [2.75, 3.05) is 15.8 Å². The number of nitrogens with one attached hydrogen (secondary N) is 2. The molecule has 0 aliphatic heterocycles. The zero-order valence-corrected chi connectivity index (χ0v) is 14.9. The smallest absolute Gasteiger partial charge is 0.232 e. The second-order valence-electron chi connectivity index (χ2n) is 6.50. The van der Waals surface area contributed by atoms with E-state index in [9.17, 15) is 8.42 Å². The van der Waals surface area contributed by atoms with Crippen molar-refractivity contribution in [3.05, 3.63) is 54.1 Å². The van der Waals surface area contributed by atoms with E-state index < -0.39 is 10.0 Å². The molecule has 0 heterocycles. The summed E-state index contributed by atoms with van der Waals surface area (Å²) in [5.74, 6) is 0.0615. The minimum atomic E-state index is -3.24. The van der Waals surface area contributed by atoms with Crippen LogP contribution in [-0.2, 0) is 15.4 Å². The maximum atomic E-state index is 11.6. The molecule has 0 bridgehead atoms. The molecule has 0 atom stereocenters. The lowest BCUT2D eigenvalue weighted by atomic mass is 9.86. The van der Waals surface area contributed by atoms with Crippen LogP contribution in [0.15, 0.2) is 48.5 Å². The van der Waals surface area contributed by atoms with E-state index in [1.54, 1.807) is 19.1 Å². The molecule has 2 aromatic carbocycles. The molecular formula is C18H24N2O2S. The van der Waals surface area contributed by atoms with Gasteiger partial charge in [-0.15, -0.1) is 0 Å². The second-order valence-corrected chi connectivity index (χ2v) is 8.51.